The van der Waals surface area contributed by atoms with Crippen LogP contribution in [0.25, 0.3) is 0 Å². The van der Waals surface area contributed by atoms with E-state index in [1.54, 1.807) is 7.11 Å². The van der Waals surface area contributed by atoms with Gasteiger partial charge in [0.2, 0.25) is 0 Å². The molecule has 0 spiro atoms. The van der Waals surface area contributed by atoms with Gasteiger partial charge in [0.1, 0.15) is 5.75 Å². The molecule has 0 aliphatic carbocycles. The van der Waals surface area contributed by atoms with Gasteiger partial charge in [-0.15, -0.1) is 0 Å². The van der Waals surface area contributed by atoms with Crippen LogP contribution >= 0.6 is 0 Å². The largest absolute Gasteiger partial charge is 0.496 e. The third-order valence-corrected chi connectivity index (χ3v) is 4.48. The van der Waals surface area contributed by atoms with Crippen LogP contribution in [0.15, 0.2) is 18.2 Å². The molecule has 1 aromatic rings. The van der Waals surface area contributed by atoms with Crippen molar-refractivity contribution in [3.63, 3.8) is 0 Å². The molecule has 0 amide bonds. The van der Waals surface area contributed by atoms with E-state index in [1.807, 2.05) is 0 Å². The van der Waals surface area contributed by atoms with Crippen molar-refractivity contribution < 1.29 is 4.74 Å². The number of ether oxygens (including phenoxy) is 1. The third kappa shape index (κ3) is 2.88. The monoisotopic (exact) mass is 248 g/mol. The predicted octanol–water partition coefficient (Wildman–Crippen LogP) is 5.07. The Bertz CT molecular complexity index is 402. The minimum Gasteiger partial charge on any atom is -0.496 e. The highest BCUT2D eigenvalue weighted by Gasteiger charge is 2.25. The molecule has 1 nitrogen and oxygen atoms in total. The van der Waals surface area contributed by atoms with Crippen molar-refractivity contribution in [2.75, 3.05) is 7.11 Å². The summed E-state index contributed by atoms with van der Waals surface area (Å²) in [5.41, 5.74) is 3.04. The highest BCUT2D eigenvalue weighted by atomic mass is 16.5. The van der Waals surface area contributed by atoms with Crippen LogP contribution in [0.4, 0.5) is 0 Å². The van der Waals surface area contributed by atoms with Gasteiger partial charge in [-0.05, 0) is 40.9 Å². The molecule has 0 aliphatic heterocycles. The van der Waals surface area contributed by atoms with Gasteiger partial charge in [-0.1, -0.05) is 53.7 Å². The van der Waals surface area contributed by atoms with E-state index in [0.717, 1.165) is 18.6 Å². The molecule has 0 N–H and O–H groups in total. The van der Waals surface area contributed by atoms with Crippen molar-refractivity contribution in [3.05, 3.63) is 29.3 Å². The summed E-state index contributed by atoms with van der Waals surface area (Å²) >= 11 is 0. The Morgan fingerprint density at radius 2 is 1.50 bits per heavy atom. The Kier molecular flexibility index (Phi) is 4.47. The second-order valence-corrected chi connectivity index (χ2v) is 6.39. The van der Waals surface area contributed by atoms with E-state index in [4.69, 9.17) is 4.74 Å². The summed E-state index contributed by atoms with van der Waals surface area (Å²) in [7, 11) is 1.77. The van der Waals surface area contributed by atoms with Gasteiger partial charge in [0.05, 0.1) is 7.11 Å². The molecule has 0 radical (unpaired) electrons. The summed E-state index contributed by atoms with van der Waals surface area (Å²) in [6.45, 7) is 13.6. The maximum Gasteiger partial charge on any atom is 0.122 e. The Morgan fingerprint density at radius 1 is 0.944 bits per heavy atom. The highest BCUT2D eigenvalue weighted by molar-refractivity contribution is 5.44. The van der Waals surface area contributed by atoms with Crippen molar-refractivity contribution in [1.29, 1.82) is 0 Å². The molecule has 0 saturated heterocycles. The molecule has 18 heavy (non-hydrogen) atoms. The summed E-state index contributed by atoms with van der Waals surface area (Å²) in [4.78, 5) is 0. The first-order valence-electron chi connectivity index (χ1n) is 6.97. The van der Waals surface area contributed by atoms with Crippen molar-refractivity contribution in [1.82, 2.24) is 0 Å². The van der Waals surface area contributed by atoms with Crippen molar-refractivity contribution >= 4 is 0 Å². The molecule has 102 valence electrons. The smallest absolute Gasteiger partial charge is 0.122 e. The number of rotatable bonds is 5. The van der Waals surface area contributed by atoms with Crippen molar-refractivity contribution in [2.45, 2.75) is 65.2 Å². The first-order chi connectivity index (χ1) is 8.28. The lowest BCUT2D eigenvalue weighted by atomic mass is 9.77. The summed E-state index contributed by atoms with van der Waals surface area (Å²) in [6, 6.07) is 6.73. The summed E-state index contributed by atoms with van der Waals surface area (Å²) in [5.74, 6) is 1.03. The molecule has 1 rings (SSSR count). The third-order valence-electron chi connectivity index (χ3n) is 4.48. The quantitative estimate of drug-likeness (QED) is 0.707. The van der Waals surface area contributed by atoms with Gasteiger partial charge in [-0.25, -0.2) is 0 Å². The zero-order valence-electron chi connectivity index (χ0n) is 13.1. The average molecular weight is 248 g/mol. The molecule has 0 aromatic heterocycles. The lowest BCUT2D eigenvalue weighted by Crippen LogP contribution is -2.19. The second-order valence-electron chi connectivity index (χ2n) is 6.39. The Morgan fingerprint density at radius 3 is 1.94 bits per heavy atom. The topological polar surface area (TPSA) is 9.23 Å². The van der Waals surface area contributed by atoms with Crippen LogP contribution in [0.1, 0.15) is 65.5 Å². The van der Waals surface area contributed by atoms with Gasteiger partial charge < -0.3 is 4.74 Å². The fourth-order valence-corrected chi connectivity index (χ4v) is 2.07. The number of methoxy groups -OCH3 is 1. The van der Waals surface area contributed by atoms with E-state index in [0.29, 0.717) is 0 Å². The summed E-state index contributed by atoms with van der Waals surface area (Å²) in [5, 5.41) is 0. The van der Waals surface area contributed by atoms with Gasteiger partial charge >= 0.3 is 0 Å². The Hall–Kier alpha value is -0.980. The van der Waals surface area contributed by atoms with Gasteiger partial charge in [0.15, 0.2) is 0 Å². The molecule has 1 aromatic carbocycles. The normalized spacial score (nSPS) is 12.6. The molecule has 0 unspecified atom stereocenters. The van der Waals surface area contributed by atoms with E-state index in [-0.39, 0.29) is 10.8 Å². The number of hydrogen-bond acceptors (Lipinski definition) is 1. The van der Waals surface area contributed by atoms with Gasteiger partial charge in [-0.3, -0.25) is 0 Å². The molecule has 0 atom stereocenters. The van der Waals surface area contributed by atoms with Crippen LogP contribution in [0.5, 0.6) is 5.75 Å². The molecular formula is C17H28O. The van der Waals surface area contributed by atoms with E-state index < -0.39 is 0 Å². The van der Waals surface area contributed by atoms with Crippen LogP contribution in [0.2, 0.25) is 0 Å². The summed E-state index contributed by atoms with van der Waals surface area (Å²) in [6.07, 6.45) is 2.24. The lowest BCUT2D eigenvalue weighted by molar-refractivity contribution is 0.386. The molecule has 0 bridgehead atoms. The van der Waals surface area contributed by atoms with Crippen LogP contribution in [0.3, 0.4) is 0 Å². The van der Waals surface area contributed by atoms with E-state index in [1.165, 1.54) is 11.1 Å². The zero-order chi connectivity index (χ0) is 14.0. The highest BCUT2D eigenvalue weighted by Crippen LogP contribution is 2.37. The van der Waals surface area contributed by atoms with Crippen LogP contribution < -0.4 is 4.74 Å². The van der Waals surface area contributed by atoms with Crippen LogP contribution in [-0.2, 0) is 10.8 Å². The Labute approximate surface area is 113 Å². The minimum absolute atomic E-state index is 0.167. The fraction of sp³-hybridized carbons (Fsp3) is 0.647. The molecule has 0 saturated carbocycles. The molecular weight excluding hydrogens is 220 g/mol. The van der Waals surface area contributed by atoms with Crippen LogP contribution in [0, 0.1) is 0 Å². The van der Waals surface area contributed by atoms with Gasteiger partial charge in [-0.2, -0.15) is 0 Å². The molecule has 1 heteroatoms. The molecule has 0 fully saturated rings. The van der Waals surface area contributed by atoms with E-state index >= 15 is 0 Å². The van der Waals surface area contributed by atoms with Crippen molar-refractivity contribution in [2.24, 2.45) is 0 Å². The van der Waals surface area contributed by atoms with Gasteiger partial charge in [0.25, 0.3) is 0 Å². The second kappa shape index (κ2) is 5.34. The van der Waals surface area contributed by atoms with Crippen molar-refractivity contribution in [3.8, 4) is 5.75 Å². The maximum absolute atomic E-state index is 5.61. The molecule has 0 aliphatic rings. The molecule has 0 heterocycles. The maximum atomic E-state index is 5.61. The standard InChI is InChI=1S/C17H28O/c1-8-16(3,4)13-10-11-14(15(12-13)18-7)17(5,6)9-2/h10-12H,8-9H2,1-7H3. The van der Waals surface area contributed by atoms with Gasteiger partial charge in [0, 0.05) is 0 Å². The van der Waals surface area contributed by atoms with E-state index in [9.17, 15) is 0 Å². The zero-order valence-corrected chi connectivity index (χ0v) is 13.1. The van der Waals surface area contributed by atoms with Crippen LogP contribution in [-0.4, -0.2) is 7.11 Å². The predicted molar refractivity (Wildman–Crippen MR) is 79.6 cm³/mol. The minimum atomic E-state index is 0.167. The summed E-state index contributed by atoms with van der Waals surface area (Å²) < 4.78 is 5.61. The average Bonchev–Trinajstić information content (AvgIpc) is 2.37. The number of benzene rings is 1. The SMILES string of the molecule is CCC(C)(C)c1ccc(C(C)(C)CC)c(OC)c1. The first-order valence-corrected chi connectivity index (χ1v) is 6.97. The Balaban J connectivity index is 3.28. The number of hydrogen-bond donors (Lipinski definition) is 0. The lowest BCUT2D eigenvalue weighted by Gasteiger charge is -2.29. The fourth-order valence-electron chi connectivity index (χ4n) is 2.07. The van der Waals surface area contributed by atoms with E-state index in [2.05, 4.69) is 59.7 Å². The first kappa shape index (κ1) is 15.1.